The van der Waals surface area contributed by atoms with E-state index in [0.717, 1.165) is 49.6 Å². The van der Waals surface area contributed by atoms with Crippen LogP contribution in [-0.4, -0.2) is 39.8 Å². The van der Waals surface area contributed by atoms with Gasteiger partial charge in [-0.25, -0.2) is 0 Å². The first-order valence-electron chi connectivity index (χ1n) is 8.55. The number of aromatic nitrogens is 2. The highest BCUT2D eigenvalue weighted by atomic mass is 32.2. The second-order valence-electron chi connectivity index (χ2n) is 6.66. The van der Waals surface area contributed by atoms with Crippen LogP contribution in [0.3, 0.4) is 0 Å². The minimum Gasteiger partial charge on any atom is -0.410 e. The number of hydrogen-bond acceptors (Lipinski definition) is 6. The molecule has 1 atom stereocenters. The lowest BCUT2D eigenvalue weighted by atomic mass is 9.90. The maximum atomic E-state index is 12.1. The number of thiophene rings is 1. The number of carbonyl (C=O) groups excluding carboxylic acids is 1. The molecule has 0 saturated carbocycles. The number of carbonyl (C=O) groups is 1. The third kappa shape index (κ3) is 3.37. The van der Waals surface area contributed by atoms with E-state index in [0.29, 0.717) is 16.9 Å². The van der Waals surface area contributed by atoms with Gasteiger partial charge in [0.15, 0.2) is 0 Å². The summed E-state index contributed by atoms with van der Waals surface area (Å²) in [7, 11) is 0. The van der Waals surface area contributed by atoms with Gasteiger partial charge in [0, 0.05) is 18.0 Å². The summed E-state index contributed by atoms with van der Waals surface area (Å²) >= 11 is 3.11. The van der Waals surface area contributed by atoms with Crippen LogP contribution in [0.5, 0.6) is 0 Å². The van der Waals surface area contributed by atoms with Crippen LogP contribution in [-0.2, 0) is 17.6 Å². The smallest absolute Gasteiger partial charge is 0.277 e. The van der Waals surface area contributed by atoms with Gasteiger partial charge in [0.1, 0.15) is 0 Å². The van der Waals surface area contributed by atoms with Gasteiger partial charge in [0.2, 0.25) is 5.91 Å². The predicted octanol–water partition coefficient (Wildman–Crippen LogP) is 3.64. The number of nitrogens with zero attached hydrogens (tertiary/aromatic N) is 3. The quantitative estimate of drug-likeness (QED) is 0.776. The third-order valence-corrected chi connectivity index (χ3v) is 6.75. The van der Waals surface area contributed by atoms with Crippen molar-refractivity contribution in [2.24, 2.45) is 5.92 Å². The topological polar surface area (TPSA) is 59.2 Å². The number of amides is 1. The Hall–Kier alpha value is -1.34. The fourth-order valence-corrected chi connectivity index (χ4v) is 5.16. The van der Waals surface area contributed by atoms with E-state index in [1.807, 2.05) is 4.90 Å². The maximum Gasteiger partial charge on any atom is 0.277 e. The molecule has 0 spiro atoms. The maximum absolute atomic E-state index is 12.1. The Morgan fingerprint density at radius 2 is 2.25 bits per heavy atom. The first kappa shape index (κ1) is 16.1. The molecule has 0 radical (unpaired) electrons. The zero-order chi connectivity index (χ0) is 16.5. The molecule has 2 aromatic heterocycles. The highest BCUT2D eigenvalue weighted by Gasteiger charge is 2.22. The van der Waals surface area contributed by atoms with Gasteiger partial charge in [0.25, 0.3) is 11.1 Å². The Morgan fingerprint density at radius 3 is 3.08 bits per heavy atom. The van der Waals surface area contributed by atoms with Crippen LogP contribution in [0.2, 0.25) is 0 Å². The molecule has 128 valence electrons. The molecule has 1 fully saturated rings. The van der Waals surface area contributed by atoms with Gasteiger partial charge in [0.05, 0.1) is 10.6 Å². The zero-order valence-corrected chi connectivity index (χ0v) is 15.4. The first-order valence-corrected chi connectivity index (χ1v) is 10.4. The van der Waals surface area contributed by atoms with Crippen molar-refractivity contribution < 1.29 is 9.21 Å². The normalized spacial score (nSPS) is 20.4. The van der Waals surface area contributed by atoms with Gasteiger partial charge in [-0.15, -0.1) is 21.5 Å². The van der Waals surface area contributed by atoms with Crippen molar-refractivity contribution in [1.29, 1.82) is 0 Å². The minimum absolute atomic E-state index is 0.165. The Labute approximate surface area is 149 Å². The van der Waals surface area contributed by atoms with Crippen LogP contribution >= 0.6 is 23.1 Å². The summed E-state index contributed by atoms with van der Waals surface area (Å²) in [6.45, 7) is 4.07. The van der Waals surface area contributed by atoms with Crippen molar-refractivity contribution in [3.8, 4) is 10.8 Å². The molecule has 2 aromatic rings. The Balaban J connectivity index is 1.40. The SMILES string of the molecule is CC1CCc2sc(-c3nnc(SCC(=O)N4CCCC4)o3)cc2C1. The largest absolute Gasteiger partial charge is 0.410 e. The Kier molecular flexibility index (Phi) is 4.63. The van der Waals surface area contributed by atoms with E-state index in [-0.39, 0.29) is 5.91 Å². The lowest BCUT2D eigenvalue weighted by molar-refractivity contribution is -0.127. The summed E-state index contributed by atoms with van der Waals surface area (Å²) in [6.07, 6.45) is 5.79. The van der Waals surface area contributed by atoms with Crippen LogP contribution < -0.4 is 0 Å². The average molecular weight is 364 g/mol. The second-order valence-corrected chi connectivity index (χ2v) is 8.72. The third-order valence-electron chi connectivity index (χ3n) is 4.72. The van der Waals surface area contributed by atoms with E-state index in [4.69, 9.17) is 4.42 Å². The zero-order valence-electron chi connectivity index (χ0n) is 13.8. The lowest BCUT2D eigenvalue weighted by Crippen LogP contribution is -2.29. The standard InChI is InChI=1S/C17H21N3O2S2/c1-11-4-5-13-12(8-11)9-14(24-13)16-18-19-17(22-16)23-10-15(21)20-6-2-3-7-20/h9,11H,2-8,10H2,1H3. The van der Waals surface area contributed by atoms with Crippen molar-refractivity contribution in [2.45, 2.75) is 44.3 Å². The highest BCUT2D eigenvalue weighted by molar-refractivity contribution is 7.99. The molecule has 1 aliphatic heterocycles. The van der Waals surface area contributed by atoms with Gasteiger partial charge in [-0.1, -0.05) is 18.7 Å². The monoisotopic (exact) mass is 363 g/mol. The molecule has 2 aliphatic rings. The number of fused-ring (bicyclic) bond motifs is 1. The summed E-state index contributed by atoms with van der Waals surface area (Å²) in [6, 6.07) is 2.20. The van der Waals surface area contributed by atoms with Crippen molar-refractivity contribution in [1.82, 2.24) is 15.1 Å². The molecule has 1 aliphatic carbocycles. The fraction of sp³-hybridized carbons (Fsp3) is 0.588. The number of hydrogen-bond donors (Lipinski definition) is 0. The Morgan fingerprint density at radius 1 is 1.42 bits per heavy atom. The Bertz CT molecular complexity index is 734. The van der Waals surface area contributed by atoms with Gasteiger partial charge in [-0.2, -0.15) is 0 Å². The number of thioether (sulfide) groups is 1. The van der Waals surface area contributed by atoms with Crippen LogP contribution in [0.4, 0.5) is 0 Å². The van der Waals surface area contributed by atoms with Crippen molar-refractivity contribution >= 4 is 29.0 Å². The number of aryl methyl sites for hydroxylation is 1. The summed E-state index contributed by atoms with van der Waals surface area (Å²) in [5.74, 6) is 1.88. The van der Waals surface area contributed by atoms with Crippen LogP contribution in [0.1, 0.15) is 36.6 Å². The highest BCUT2D eigenvalue weighted by Crippen LogP contribution is 2.37. The molecule has 1 saturated heterocycles. The molecular formula is C17H21N3O2S2. The summed E-state index contributed by atoms with van der Waals surface area (Å²) in [5.41, 5.74) is 1.44. The molecule has 1 amide bonds. The van der Waals surface area contributed by atoms with E-state index < -0.39 is 0 Å². The van der Waals surface area contributed by atoms with E-state index in [1.54, 1.807) is 11.3 Å². The first-order chi connectivity index (χ1) is 11.7. The van der Waals surface area contributed by atoms with Gasteiger partial charge >= 0.3 is 0 Å². The molecular weight excluding hydrogens is 342 g/mol. The lowest BCUT2D eigenvalue weighted by Gasteiger charge is -2.16. The van der Waals surface area contributed by atoms with Crippen molar-refractivity contribution in [2.75, 3.05) is 18.8 Å². The van der Waals surface area contributed by atoms with Gasteiger partial charge < -0.3 is 9.32 Å². The molecule has 3 heterocycles. The second kappa shape index (κ2) is 6.88. The van der Waals surface area contributed by atoms with Gasteiger partial charge in [-0.05, 0) is 49.7 Å². The van der Waals surface area contributed by atoms with E-state index in [1.165, 1.54) is 28.6 Å². The summed E-state index contributed by atoms with van der Waals surface area (Å²) < 4.78 is 5.77. The molecule has 0 N–H and O–H groups in total. The molecule has 0 aromatic carbocycles. The van der Waals surface area contributed by atoms with E-state index >= 15 is 0 Å². The molecule has 24 heavy (non-hydrogen) atoms. The van der Waals surface area contributed by atoms with Crippen LogP contribution in [0.15, 0.2) is 15.7 Å². The summed E-state index contributed by atoms with van der Waals surface area (Å²) in [4.78, 5) is 16.5. The molecule has 7 heteroatoms. The van der Waals surface area contributed by atoms with E-state index in [9.17, 15) is 4.79 Å². The molecule has 0 bridgehead atoms. The van der Waals surface area contributed by atoms with E-state index in [2.05, 4.69) is 23.2 Å². The van der Waals surface area contributed by atoms with Crippen molar-refractivity contribution in [3.63, 3.8) is 0 Å². The van der Waals surface area contributed by atoms with Crippen LogP contribution in [0, 0.1) is 5.92 Å². The number of rotatable bonds is 4. The predicted molar refractivity (Wildman–Crippen MR) is 95.3 cm³/mol. The molecule has 5 nitrogen and oxygen atoms in total. The van der Waals surface area contributed by atoms with Gasteiger partial charge in [-0.3, -0.25) is 4.79 Å². The fourth-order valence-electron chi connectivity index (χ4n) is 3.36. The summed E-state index contributed by atoms with van der Waals surface area (Å²) in [5, 5.41) is 8.75. The number of likely N-dealkylation sites (tertiary alicyclic amines) is 1. The molecule has 4 rings (SSSR count). The van der Waals surface area contributed by atoms with Crippen LogP contribution in [0.25, 0.3) is 10.8 Å². The van der Waals surface area contributed by atoms with Crippen molar-refractivity contribution in [3.05, 3.63) is 16.5 Å². The minimum atomic E-state index is 0.165. The molecule has 1 unspecified atom stereocenters. The average Bonchev–Trinajstić information content (AvgIpc) is 3.30.